The van der Waals surface area contributed by atoms with Gasteiger partial charge in [-0.3, -0.25) is 10.1 Å². The van der Waals surface area contributed by atoms with Crippen molar-refractivity contribution in [2.24, 2.45) is 0 Å². The first kappa shape index (κ1) is 15.3. The molecule has 0 saturated heterocycles. The van der Waals surface area contributed by atoms with Gasteiger partial charge in [0.2, 0.25) is 5.82 Å². The topological polar surface area (TPSA) is 55.2 Å². The lowest BCUT2D eigenvalue weighted by atomic mass is 10.2. The molecule has 0 saturated carbocycles. The minimum Gasteiger partial charge on any atom is -0.378 e. The van der Waals surface area contributed by atoms with E-state index in [0.29, 0.717) is 10.5 Å². The van der Waals surface area contributed by atoms with Gasteiger partial charge >= 0.3 is 5.69 Å². The Morgan fingerprint density at radius 3 is 2.43 bits per heavy atom. The zero-order valence-electron chi connectivity index (χ0n) is 10.4. The zero-order chi connectivity index (χ0) is 15.6. The summed E-state index contributed by atoms with van der Waals surface area (Å²) in [5, 5.41) is 13.1. The van der Waals surface area contributed by atoms with E-state index in [-0.39, 0.29) is 17.8 Å². The van der Waals surface area contributed by atoms with E-state index in [1.54, 1.807) is 6.07 Å². The van der Waals surface area contributed by atoms with Gasteiger partial charge in [-0.2, -0.15) is 4.39 Å². The number of benzene rings is 2. The summed E-state index contributed by atoms with van der Waals surface area (Å²) in [6.45, 7) is -0.0984. The summed E-state index contributed by atoms with van der Waals surface area (Å²) in [5.74, 6) is -2.78. The number of nitrogens with zero attached hydrogens (tertiary/aromatic N) is 1. The average molecular weight is 361 g/mol. The minimum atomic E-state index is -1.27. The van der Waals surface area contributed by atoms with Gasteiger partial charge in [-0.15, -0.1) is 0 Å². The predicted octanol–water partition coefficient (Wildman–Crippen LogP) is 4.39. The first-order valence-electron chi connectivity index (χ1n) is 5.69. The summed E-state index contributed by atoms with van der Waals surface area (Å²) in [7, 11) is 0. The second-order valence-electron chi connectivity index (χ2n) is 4.13. The Morgan fingerprint density at radius 1 is 1.10 bits per heavy atom. The van der Waals surface area contributed by atoms with Crippen LogP contribution in [-0.2, 0) is 6.54 Å². The van der Waals surface area contributed by atoms with Gasteiger partial charge < -0.3 is 5.32 Å². The number of rotatable bonds is 4. The normalized spacial score (nSPS) is 10.5. The fourth-order valence-corrected chi connectivity index (χ4v) is 2.00. The van der Waals surface area contributed by atoms with Crippen LogP contribution in [0.1, 0.15) is 5.56 Å². The van der Waals surface area contributed by atoms with Gasteiger partial charge in [-0.05, 0) is 12.1 Å². The molecule has 2 rings (SSSR count). The zero-order valence-corrected chi connectivity index (χ0v) is 12.0. The molecule has 0 atom stereocenters. The highest BCUT2D eigenvalue weighted by Gasteiger charge is 2.18. The van der Waals surface area contributed by atoms with Crippen LogP contribution >= 0.6 is 15.9 Å². The first-order chi connectivity index (χ1) is 9.88. The molecule has 0 amide bonds. The highest BCUT2D eigenvalue weighted by atomic mass is 79.9. The SMILES string of the molecule is O=[N+]([O-])c1cc(NCc2ccc(Br)cc2F)c(F)cc1F. The van der Waals surface area contributed by atoms with Crippen LogP contribution in [0.15, 0.2) is 34.8 Å². The van der Waals surface area contributed by atoms with Crippen LogP contribution in [-0.4, -0.2) is 4.92 Å². The third-order valence-corrected chi connectivity index (χ3v) is 3.21. The smallest absolute Gasteiger partial charge is 0.307 e. The molecule has 0 fully saturated rings. The van der Waals surface area contributed by atoms with Crippen molar-refractivity contribution in [3.05, 3.63) is 67.9 Å². The van der Waals surface area contributed by atoms with Gasteiger partial charge in [0.15, 0.2) is 0 Å². The van der Waals surface area contributed by atoms with Crippen LogP contribution < -0.4 is 5.32 Å². The molecular weight excluding hydrogens is 353 g/mol. The Balaban J connectivity index is 2.23. The van der Waals surface area contributed by atoms with Crippen molar-refractivity contribution in [3.63, 3.8) is 0 Å². The van der Waals surface area contributed by atoms with Crippen molar-refractivity contribution in [1.82, 2.24) is 0 Å². The second kappa shape index (κ2) is 6.13. The van der Waals surface area contributed by atoms with Gasteiger partial charge in [0.25, 0.3) is 0 Å². The largest absolute Gasteiger partial charge is 0.378 e. The molecule has 0 unspecified atom stereocenters. The van der Waals surface area contributed by atoms with E-state index in [0.717, 1.165) is 6.07 Å². The fraction of sp³-hybridized carbons (Fsp3) is 0.0769. The van der Waals surface area contributed by atoms with Crippen molar-refractivity contribution in [3.8, 4) is 0 Å². The number of anilines is 1. The molecule has 0 aliphatic heterocycles. The van der Waals surface area contributed by atoms with Crippen LogP contribution in [0.4, 0.5) is 24.5 Å². The van der Waals surface area contributed by atoms with Gasteiger partial charge in [-0.25, -0.2) is 8.78 Å². The molecule has 0 radical (unpaired) electrons. The highest BCUT2D eigenvalue weighted by molar-refractivity contribution is 9.10. The van der Waals surface area contributed by atoms with Crippen LogP contribution in [0.25, 0.3) is 0 Å². The van der Waals surface area contributed by atoms with Gasteiger partial charge in [0.1, 0.15) is 11.6 Å². The molecule has 0 heterocycles. The predicted molar refractivity (Wildman–Crippen MR) is 74.4 cm³/mol. The lowest BCUT2D eigenvalue weighted by Gasteiger charge is -2.09. The maximum atomic E-state index is 13.6. The van der Waals surface area contributed by atoms with E-state index in [9.17, 15) is 23.3 Å². The number of hydrogen-bond acceptors (Lipinski definition) is 3. The summed E-state index contributed by atoms with van der Waals surface area (Å²) < 4.78 is 40.9. The van der Waals surface area contributed by atoms with Crippen molar-refractivity contribution >= 4 is 27.3 Å². The molecule has 0 aliphatic rings. The maximum Gasteiger partial charge on any atom is 0.307 e. The van der Waals surface area contributed by atoms with E-state index in [1.807, 2.05) is 0 Å². The van der Waals surface area contributed by atoms with Crippen LogP contribution in [0, 0.1) is 27.6 Å². The monoisotopic (exact) mass is 360 g/mol. The molecule has 4 nitrogen and oxygen atoms in total. The number of nitro groups is 1. The number of halogens is 4. The fourth-order valence-electron chi connectivity index (χ4n) is 1.67. The van der Waals surface area contributed by atoms with Gasteiger partial charge in [0.05, 0.1) is 10.6 Å². The Kier molecular flexibility index (Phi) is 4.46. The Hall–Kier alpha value is -2.09. The summed E-state index contributed by atoms with van der Waals surface area (Å²) in [4.78, 5) is 9.64. The summed E-state index contributed by atoms with van der Waals surface area (Å²) in [6.07, 6.45) is 0. The molecule has 2 aromatic rings. The summed E-state index contributed by atoms with van der Waals surface area (Å²) >= 11 is 3.10. The highest BCUT2D eigenvalue weighted by Crippen LogP contribution is 2.26. The standard InChI is InChI=1S/C13H8BrF3N2O2/c14-8-2-1-7(9(15)3-8)6-18-12-5-13(19(20)21)11(17)4-10(12)16/h1-5,18H,6H2. The minimum absolute atomic E-state index is 0.0984. The molecule has 110 valence electrons. The van der Waals surface area contributed by atoms with Gasteiger partial charge in [-0.1, -0.05) is 22.0 Å². The summed E-state index contributed by atoms with van der Waals surface area (Å²) in [5.41, 5.74) is -0.884. The number of hydrogen-bond donors (Lipinski definition) is 1. The lowest BCUT2D eigenvalue weighted by molar-refractivity contribution is -0.387. The van der Waals surface area contributed by atoms with E-state index in [4.69, 9.17) is 0 Å². The van der Waals surface area contributed by atoms with Crippen LogP contribution in [0.3, 0.4) is 0 Å². The molecule has 2 aromatic carbocycles. The van der Waals surface area contributed by atoms with E-state index in [2.05, 4.69) is 21.2 Å². The molecule has 0 bridgehead atoms. The van der Waals surface area contributed by atoms with E-state index < -0.39 is 28.1 Å². The third-order valence-electron chi connectivity index (χ3n) is 2.72. The van der Waals surface area contributed by atoms with E-state index in [1.165, 1.54) is 12.1 Å². The lowest BCUT2D eigenvalue weighted by Crippen LogP contribution is -2.05. The van der Waals surface area contributed by atoms with Crippen molar-refractivity contribution in [2.75, 3.05) is 5.32 Å². The Bertz CT molecular complexity index is 710. The average Bonchev–Trinajstić information content (AvgIpc) is 2.39. The molecule has 0 spiro atoms. The molecular formula is C13H8BrF3N2O2. The van der Waals surface area contributed by atoms with Gasteiger partial charge in [0, 0.05) is 28.7 Å². The number of nitrogens with one attached hydrogen (secondary N) is 1. The van der Waals surface area contributed by atoms with Crippen LogP contribution in [0.5, 0.6) is 0 Å². The van der Waals surface area contributed by atoms with Crippen molar-refractivity contribution < 1.29 is 18.1 Å². The quantitative estimate of drug-likeness (QED) is 0.649. The van der Waals surface area contributed by atoms with Crippen LogP contribution in [0.2, 0.25) is 0 Å². The molecule has 1 N–H and O–H groups in total. The first-order valence-corrected chi connectivity index (χ1v) is 6.49. The third kappa shape index (κ3) is 3.52. The summed E-state index contributed by atoms with van der Waals surface area (Å²) in [6, 6.07) is 5.46. The maximum absolute atomic E-state index is 13.6. The van der Waals surface area contributed by atoms with E-state index >= 15 is 0 Å². The van der Waals surface area contributed by atoms with Crippen molar-refractivity contribution in [2.45, 2.75) is 6.54 Å². The Labute approximate surface area is 125 Å². The number of nitro benzene ring substituents is 1. The molecule has 0 aliphatic carbocycles. The molecule has 21 heavy (non-hydrogen) atoms. The molecule has 8 heteroatoms. The Morgan fingerprint density at radius 2 is 1.81 bits per heavy atom. The second-order valence-corrected chi connectivity index (χ2v) is 5.05. The molecule has 0 aromatic heterocycles. The van der Waals surface area contributed by atoms with Crippen molar-refractivity contribution in [1.29, 1.82) is 0 Å².